The molecule has 0 spiro atoms. The number of para-hydroxylation sites is 1. The van der Waals surface area contributed by atoms with Gasteiger partial charge in [-0.25, -0.2) is 17.9 Å². The van der Waals surface area contributed by atoms with Gasteiger partial charge in [0, 0.05) is 12.0 Å². The standard InChI is InChI=1S/C22H23FN2O3S/c23-20-9-5-18(6-10-20)16-28-22-4-2-1-3-19(22)15-25-14-13-17-7-11-21(12-8-17)29(24,26)27/h1-12,25H,13-16H2,(H2,24,26,27)/p+1. The van der Waals surface area contributed by atoms with Crippen molar-refractivity contribution in [2.75, 3.05) is 6.54 Å². The third-order valence-electron chi connectivity index (χ3n) is 4.53. The van der Waals surface area contributed by atoms with Crippen molar-refractivity contribution in [3.8, 4) is 5.75 Å². The Kier molecular flexibility index (Phi) is 6.98. The van der Waals surface area contributed by atoms with E-state index in [9.17, 15) is 12.8 Å². The van der Waals surface area contributed by atoms with E-state index in [1.54, 1.807) is 24.3 Å². The van der Waals surface area contributed by atoms with Gasteiger partial charge in [0.05, 0.1) is 11.4 Å². The van der Waals surface area contributed by atoms with Gasteiger partial charge in [0.25, 0.3) is 0 Å². The van der Waals surface area contributed by atoms with Gasteiger partial charge in [-0.3, -0.25) is 0 Å². The van der Waals surface area contributed by atoms with Crippen LogP contribution in [0.5, 0.6) is 5.75 Å². The van der Waals surface area contributed by atoms with Crippen molar-refractivity contribution in [3.63, 3.8) is 0 Å². The first-order valence-electron chi connectivity index (χ1n) is 9.30. The minimum absolute atomic E-state index is 0.123. The van der Waals surface area contributed by atoms with Gasteiger partial charge in [-0.15, -0.1) is 0 Å². The van der Waals surface area contributed by atoms with Gasteiger partial charge in [0.1, 0.15) is 24.7 Å². The van der Waals surface area contributed by atoms with Crippen LogP contribution in [0.15, 0.2) is 77.7 Å². The zero-order valence-corrected chi connectivity index (χ0v) is 16.7. The van der Waals surface area contributed by atoms with E-state index in [-0.39, 0.29) is 10.7 Å². The third kappa shape index (κ3) is 6.39. The number of sulfonamides is 1. The molecule has 4 N–H and O–H groups in total. The highest BCUT2D eigenvalue weighted by Crippen LogP contribution is 2.18. The summed E-state index contributed by atoms with van der Waals surface area (Å²) >= 11 is 0. The number of nitrogens with two attached hydrogens (primary N) is 2. The summed E-state index contributed by atoms with van der Waals surface area (Å²) < 4.78 is 41.5. The fourth-order valence-electron chi connectivity index (χ4n) is 2.93. The van der Waals surface area contributed by atoms with Crippen molar-refractivity contribution in [2.45, 2.75) is 24.5 Å². The molecular weight excluding hydrogens is 391 g/mol. The van der Waals surface area contributed by atoms with Crippen molar-refractivity contribution < 1.29 is 22.9 Å². The highest BCUT2D eigenvalue weighted by molar-refractivity contribution is 7.89. The van der Waals surface area contributed by atoms with Crippen LogP contribution in [0.4, 0.5) is 4.39 Å². The summed E-state index contributed by atoms with van der Waals surface area (Å²) in [4.78, 5) is 0.123. The lowest BCUT2D eigenvalue weighted by molar-refractivity contribution is -0.670. The van der Waals surface area contributed by atoms with Crippen molar-refractivity contribution in [1.29, 1.82) is 0 Å². The smallest absolute Gasteiger partial charge is 0.238 e. The molecule has 3 aromatic carbocycles. The van der Waals surface area contributed by atoms with Crippen LogP contribution in [0.2, 0.25) is 0 Å². The second kappa shape index (κ2) is 9.65. The maximum atomic E-state index is 13.0. The first-order chi connectivity index (χ1) is 13.9. The predicted molar refractivity (Wildman–Crippen MR) is 109 cm³/mol. The van der Waals surface area contributed by atoms with Crippen LogP contribution in [0.25, 0.3) is 0 Å². The SMILES string of the molecule is NS(=O)(=O)c1ccc(CC[NH2+]Cc2ccccc2OCc2ccc(F)cc2)cc1. The summed E-state index contributed by atoms with van der Waals surface area (Å²) in [6, 6.07) is 20.8. The number of quaternary nitrogens is 1. The Morgan fingerprint density at radius 1 is 0.897 bits per heavy atom. The second-order valence-electron chi connectivity index (χ2n) is 6.74. The Labute approximate surface area is 170 Å². The molecule has 0 saturated carbocycles. The topological polar surface area (TPSA) is 86.0 Å². The van der Waals surface area contributed by atoms with Gasteiger partial charge in [0.15, 0.2) is 0 Å². The number of ether oxygens (including phenoxy) is 1. The summed E-state index contributed by atoms with van der Waals surface area (Å²) in [6.45, 7) is 1.99. The molecule has 0 bridgehead atoms. The molecule has 0 amide bonds. The summed E-state index contributed by atoms with van der Waals surface area (Å²) in [5.74, 6) is 0.550. The van der Waals surface area contributed by atoms with Crippen LogP contribution in [-0.4, -0.2) is 15.0 Å². The van der Waals surface area contributed by atoms with Crippen LogP contribution in [0.3, 0.4) is 0 Å². The van der Waals surface area contributed by atoms with E-state index in [0.29, 0.717) is 6.61 Å². The zero-order valence-electron chi connectivity index (χ0n) is 15.9. The molecule has 0 aliphatic rings. The highest BCUT2D eigenvalue weighted by atomic mass is 32.2. The Balaban J connectivity index is 1.50. The molecule has 0 fully saturated rings. The molecule has 0 aliphatic heterocycles. The first kappa shape index (κ1) is 21.0. The van der Waals surface area contributed by atoms with E-state index >= 15 is 0 Å². The Hall–Kier alpha value is -2.74. The number of primary sulfonamides is 1. The first-order valence-corrected chi connectivity index (χ1v) is 10.8. The normalized spacial score (nSPS) is 11.4. The maximum absolute atomic E-state index is 13.0. The van der Waals surface area contributed by atoms with Gasteiger partial charge >= 0.3 is 0 Å². The van der Waals surface area contributed by atoms with E-state index < -0.39 is 10.0 Å². The monoisotopic (exact) mass is 415 g/mol. The van der Waals surface area contributed by atoms with E-state index in [1.807, 2.05) is 24.3 Å². The minimum Gasteiger partial charge on any atom is -0.488 e. The molecule has 0 unspecified atom stereocenters. The molecule has 0 aromatic heterocycles. The number of hydrogen-bond acceptors (Lipinski definition) is 3. The summed E-state index contributed by atoms with van der Waals surface area (Å²) in [6.07, 6.45) is 0.809. The predicted octanol–water partition coefficient (Wildman–Crippen LogP) is 2.36. The maximum Gasteiger partial charge on any atom is 0.238 e. The molecule has 3 aromatic rings. The Bertz CT molecular complexity index is 1040. The molecule has 7 heteroatoms. The van der Waals surface area contributed by atoms with Gasteiger partial charge in [-0.2, -0.15) is 0 Å². The van der Waals surface area contributed by atoms with Crippen LogP contribution in [-0.2, 0) is 29.6 Å². The minimum atomic E-state index is -3.65. The average Bonchev–Trinajstić information content (AvgIpc) is 2.71. The molecule has 0 radical (unpaired) electrons. The van der Waals surface area contributed by atoms with E-state index in [4.69, 9.17) is 9.88 Å². The fourth-order valence-corrected chi connectivity index (χ4v) is 3.44. The molecule has 152 valence electrons. The second-order valence-corrected chi connectivity index (χ2v) is 8.30. The average molecular weight is 416 g/mol. The molecule has 29 heavy (non-hydrogen) atoms. The van der Waals surface area contributed by atoms with Gasteiger partial charge in [-0.1, -0.05) is 36.4 Å². The van der Waals surface area contributed by atoms with Gasteiger partial charge in [0.2, 0.25) is 10.0 Å². The number of benzene rings is 3. The molecule has 0 atom stereocenters. The Morgan fingerprint density at radius 3 is 2.24 bits per heavy atom. The summed E-state index contributed by atoms with van der Waals surface area (Å²) in [7, 11) is -3.65. The van der Waals surface area contributed by atoms with E-state index in [0.717, 1.165) is 42.0 Å². The van der Waals surface area contributed by atoms with Gasteiger partial charge < -0.3 is 10.1 Å². The quantitative estimate of drug-likeness (QED) is 0.526. The van der Waals surface area contributed by atoms with Gasteiger partial charge in [-0.05, 0) is 47.5 Å². The number of halogens is 1. The number of rotatable bonds is 9. The van der Waals surface area contributed by atoms with Crippen LogP contribution >= 0.6 is 0 Å². The molecule has 3 rings (SSSR count). The van der Waals surface area contributed by atoms with Crippen molar-refractivity contribution in [3.05, 3.63) is 95.3 Å². The summed E-state index contributed by atoms with van der Waals surface area (Å²) in [5.41, 5.74) is 3.04. The summed E-state index contributed by atoms with van der Waals surface area (Å²) in [5, 5.41) is 7.29. The Morgan fingerprint density at radius 2 is 1.55 bits per heavy atom. The van der Waals surface area contributed by atoms with E-state index in [2.05, 4.69) is 5.32 Å². The van der Waals surface area contributed by atoms with Crippen LogP contribution < -0.4 is 15.2 Å². The van der Waals surface area contributed by atoms with E-state index in [1.165, 1.54) is 24.3 Å². The van der Waals surface area contributed by atoms with Crippen molar-refractivity contribution in [1.82, 2.24) is 0 Å². The molecule has 0 aliphatic carbocycles. The zero-order chi connectivity index (χ0) is 20.7. The molecule has 0 saturated heterocycles. The van der Waals surface area contributed by atoms with Crippen LogP contribution in [0.1, 0.15) is 16.7 Å². The lowest BCUT2D eigenvalue weighted by atomic mass is 10.1. The highest BCUT2D eigenvalue weighted by Gasteiger charge is 2.08. The third-order valence-corrected chi connectivity index (χ3v) is 5.46. The van der Waals surface area contributed by atoms with Crippen molar-refractivity contribution >= 4 is 10.0 Å². The lowest BCUT2D eigenvalue weighted by Crippen LogP contribution is -2.83. The number of hydrogen-bond donors (Lipinski definition) is 2. The molecule has 0 heterocycles. The molecular formula is C22H24FN2O3S+. The molecule has 5 nitrogen and oxygen atoms in total. The van der Waals surface area contributed by atoms with Crippen molar-refractivity contribution in [2.24, 2.45) is 5.14 Å². The largest absolute Gasteiger partial charge is 0.488 e. The van der Waals surface area contributed by atoms with Crippen LogP contribution in [0, 0.1) is 5.82 Å². The fraction of sp³-hybridized carbons (Fsp3) is 0.182. The lowest BCUT2D eigenvalue weighted by Gasteiger charge is -2.11.